The van der Waals surface area contributed by atoms with E-state index in [4.69, 9.17) is 5.11 Å². The number of carbonyl (C=O) groups excluding carboxylic acids is 1. The molecule has 1 atom stereocenters. The van der Waals surface area contributed by atoms with E-state index in [-0.39, 0.29) is 0 Å². The fourth-order valence-corrected chi connectivity index (χ4v) is 2.23. The van der Waals surface area contributed by atoms with Crippen LogP contribution in [0.15, 0.2) is 17.5 Å². The number of nitrogens with one attached hydrogen (secondary N) is 2. The van der Waals surface area contributed by atoms with Gasteiger partial charge in [0.15, 0.2) is 0 Å². The van der Waals surface area contributed by atoms with Gasteiger partial charge >= 0.3 is 12.0 Å². The molecule has 5 nitrogen and oxygen atoms in total. The summed E-state index contributed by atoms with van der Waals surface area (Å²) in [4.78, 5) is 22.4. The highest BCUT2D eigenvalue weighted by Crippen LogP contribution is 2.14. The number of carbonyl (C=O) groups is 2. The van der Waals surface area contributed by atoms with Crippen molar-refractivity contribution in [1.29, 1.82) is 0 Å². The van der Waals surface area contributed by atoms with Gasteiger partial charge in [0.25, 0.3) is 0 Å². The van der Waals surface area contributed by atoms with Crippen molar-refractivity contribution in [3.05, 3.63) is 17.5 Å². The second-order valence-electron chi connectivity index (χ2n) is 3.25. The molecule has 0 spiro atoms. The van der Waals surface area contributed by atoms with Crippen LogP contribution >= 0.6 is 23.1 Å². The molecular weight excluding hydrogens is 260 g/mol. The zero-order valence-electron chi connectivity index (χ0n) is 9.30. The molecule has 7 heteroatoms. The van der Waals surface area contributed by atoms with Crippen LogP contribution < -0.4 is 10.6 Å². The fraction of sp³-hybridized carbons (Fsp3) is 0.400. The lowest BCUT2D eigenvalue weighted by Crippen LogP contribution is -2.43. The van der Waals surface area contributed by atoms with Gasteiger partial charge in [-0.25, -0.2) is 9.59 Å². The molecule has 0 saturated carbocycles. The van der Waals surface area contributed by atoms with Crippen LogP contribution in [0.2, 0.25) is 0 Å². The average molecular weight is 274 g/mol. The first-order valence-electron chi connectivity index (χ1n) is 4.96. The summed E-state index contributed by atoms with van der Waals surface area (Å²) in [6.45, 7) is 0. The Kier molecular flexibility index (Phi) is 5.85. The molecule has 1 unspecified atom stereocenters. The molecule has 0 fully saturated rings. The minimum absolute atomic E-state index is 0.411. The number of carboxylic acid groups (broad SMARTS) is 1. The Labute approximate surface area is 108 Å². The number of hydrogen-bond acceptors (Lipinski definition) is 4. The van der Waals surface area contributed by atoms with E-state index in [1.165, 1.54) is 11.3 Å². The maximum Gasteiger partial charge on any atom is 0.326 e. The molecule has 0 aliphatic rings. The van der Waals surface area contributed by atoms with Crippen LogP contribution in [0.25, 0.3) is 0 Å². The molecule has 2 amide bonds. The Morgan fingerprint density at radius 1 is 1.59 bits per heavy atom. The fourth-order valence-electron chi connectivity index (χ4n) is 1.15. The normalized spacial score (nSPS) is 11.8. The van der Waals surface area contributed by atoms with Crippen LogP contribution in [0.5, 0.6) is 0 Å². The number of amides is 2. The van der Waals surface area contributed by atoms with Gasteiger partial charge in [0.1, 0.15) is 6.04 Å². The summed E-state index contributed by atoms with van der Waals surface area (Å²) in [5, 5.41) is 16.5. The number of carboxylic acids is 1. The molecule has 1 rings (SSSR count). The predicted octanol–water partition coefficient (Wildman–Crippen LogP) is 2.08. The van der Waals surface area contributed by atoms with Gasteiger partial charge in [-0.3, -0.25) is 5.32 Å². The third-order valence-corrected chi connectivity index (χ3v) is 3.40. The first kappa shape index (κ1) is 13.9. The Balaban J connectivity index is 2.43. The molecule has 0 aromatic carbocycles. The number of urea groups is 1. The van der Waals surface area contributed by atoms with Crippen molar-refractivity contribution in [1.82, 2.24) is 5.32 Å². The van der Waals surface area contributed by atoms with Crippen molar-refractivity contribution in [3.63, 3.8) is 0 Å². The maximum absolute atomic E-state index is 11.5. The van der Waals surface area contributed by atoms with E-state index in [2.05, 4.69) is 10.6 Å². The predicted molar refractivity (Wildman–Crippen MR) is 70.9 cm³/mol. The van der Waals surface area contributed by atoms with E-state index in [0.717, 1.165) is 0 Å². The lowest BCUT2D eigenvalue weighted by molar-refractivity contribution is -0.139. The molecule has 3 N–H and O–H groups in total. The summed E-state index contributed by atoms with van der Waals surface area (Å²) in [6, 6.07) is 2.23. The molecule has 1 aromatic heterocycles. The van der Waals surface area contributed by atoms with E-state index in [0.29, 0.717) is 17.2 Å². The van der Waals surface area contributed by atoms with Crippen molar-refractivity contribution in [2.45, 2.75) is 12.5 Å². The number of rotatable bonds is 6. The SMILES string of the molecule is CSCCC(NC(=O)Nc1cccs1)C(=O)O. The number of thioether (sulfide) groups is 1. The molecule has 0 aliphatic heterocycles. The molecule has 94 valence electrons. The molecule has 0 aliphatic carbocycles. The topological polar surface area (TPSA) is 78.4 Å². The summed E-state index contributed by atoms with van der Waals surface area (Å²) in [5.74, 6) is -0.323. The van der Waals surface area contributed by atoms with Gasteiger partial charge in [-0.15, -0.1) is 11.3 Å². The highest BCUT2D eigenvalue weighted by Gasteiger charge is 2.19. The smallest absolute Gasteiger partial charge is 0.326 e. The quantitative estimate of drug-likeness (QED) is 0.742. The van der Waals surface area contributed by atoms with Crippen molar-refractivity contribution in [2.24, 2.45) is 0 Å². The van der Waals surface area contributed by atoms with Crippen LogP contribution in [0, 0.1) is 0 Å². The minimum atomic E-state index is -1.01. The Morgan fingerprint density at radius 3 is 2.88 bits per heavy atom. The number of aliphatic carboxylic acids is 1. The molecule has 0 radical (unpaired) electrons. The van der Waals surface area contributed by atoms with Gasteiger partial charge in [-0.1, -0.05) is 0 Å². The van der Waals surface area contributed by atoms with Crippen LogP contribution in [0.3, 0.4) is 0 Å². The van der Waals surface area contributed by atoms with Gasteiger partial charge < -0.3 is 10.4 Å². The Bertz CT molecular complexity index is 368. The standard InChI is InChI=1S/C10H14N2O3S2/c1-16-6-4-7(9(13)14)11-10(15)12-8-3-2-5-17-8/h2-3,5,7H,4,6H2,1H3,(H,13,14)(H2,11,12,15). The van der Waals surface area contributed by atoms with E-state index in [1.54, 1.807) is 17.8 Å². The molecule has 17 heavy (non-hydrogen) atoms. The Hall–Kier alpha value is -1.21. The van der Waals surface area contributed by atoms with Crippen molar-refractivity contribution >= 4 is 40.1 Å². The lowest BCUT2D eigenvalue weighted by atomic mass is 10.2. The highest BCUT2D eigenvalue weighted by molar-refractivity contribution is 7.98. The maximum atomic E-state index is 11.5. The van der Waals surface area contributed by atoms with Gasteiger partial charge in [0.2, 0.25) is 0 Å². The van der Waals surface area contributed by atoms with E-state index in [1.807, 2.05) is 17.7 Å². The summed E-state index contributed by atoms with van der Waals surface area (Å²) in [6.07, 6.45) is 2.30. The van der Waals surface area contributed by atoms with Crippen LogP contribution in [-0.2, 0) is 4.79 Å². The van der Waals surface area contributed by atoms with Gasteiger partial charge in [0.05, 0.1) is 5.00 Å². The summed E-state index contributed by atoms with van der Waals surface area (Å²) >= 11 is 2.93. The third-order valence-electron chi connectivity index (χ3n) is 1.97. The van der Waals surface area contributed by atoms with Crippen molar-refractivity contribution in [2.75, 3.05) is 17.3 Å². The second kappa shape index (κ2) is 7.18. The summed E-state index contributed by atoms with van der Waals surface area (Å²) in [7, 11) is 0. The number of hydrogen-bond donors (Lipinski definition) is 3. The van der Waals surface area contributed by atoms with Crippen LogP contribution in [0.4, 0.5) is 9.80 Å². The van der Waals surface area contributed by atoms with Crippen LogP contribution in [-0.4, -0.2) is 35.2 Å². The first-order valence-corrected chi connectivity index (χ1v) is 7.23. The minimum Gasteiger partial charge on any atom is -0.480 e. The van der Waals surface area contributed by atoms with Crippen molar-refractivity contribution in [3.8, 4) is 0 Å². The van der Waals surface area contributed by atoms with Gasteiger partial charge in [0, 0.05) is 0 Å². The monoisotopic (exact) mass is 274 g/mol. The van der Waals surface area contributed by atoms with Crippen molar-refractivity contribution < 1.29 is 14.7 Å². The highest BCUT2D eigenvalue weighted by atomic mass is 32.2. The van der Waals surface area contributed by atoms with Crippen LogP contribution in [0.1, 0.15) is 6.42 Å². The zero-order valence-corrected chi connectivity index (χ0v) is 10.9. The third kappa shape index (κ3) is 5.10. The largest absolute Gasteiger partial charge is 0.480 e. The molecule has 0 bridgehead atoms. The first-order chi connectivity index (χ1) is 8.13. The summed E-state index contributed by atoms with van der Waals surface area (Å²) in [5.41, 5.74) is 0. The molecule has 1 aromatic rings. The average Bonchev–Trinajstić information content (AvgIpc) is 2.76. The number of anilines is 1. The lowest BCUT2D eigenvalue weighted by Gasteiger charge is -2.13. The number of thiophene rings is 1. The van der Waals surface area contributed by atoms with Gasteiger partial charge in [-0.2, -0.15) is 11.8 Å². The van der Waals surface area contributed by atoms with E-state index in [9.17, 15) is 9.59 Å². The molecule has 0 saturated heterocycles. The van der Waals surface area contributed by atoms with E-state index >= 15 is 0 Å². The Morgan fingerprint density at radius 2 is 2.35 bits per heavy atom. The second-order valence-corrected chi connectivity index (χ2v) is 5.18. The zero-order chi connectivity index (χ0) is 12.7. The van der Waals surface area contributed by atoms with E-state index < -0.39 is 18.0 Å². The summed E-state index contributed by atoms with van der Waals surface area (Å²) < 4.78 is 0. The molecular formula is C10H14N2O3S2. The van der Waals surface area contributed by atoms with Gasteiger partial charge in [-0.05, 0) is 35.9 Å². The molecule has 1 heterocycles.